The Morgan fingerprint density at radius 2 is 2.12 bits per heavy atom. The second-order valence-corrected chi connectivity index (χ2v) is 5.87. The molecule has 0 aromatic carbocycles. The van der Waals surface area contributed by atoms with E-state index in [2.05, 4.69) is 26.2 Å². The molecular weight excluding hydrogens is 308 g/mol. The summed E-state index contributed by atoms with van der Waals surface area (Å²) in [5.74, 6) is 0. The maximum atomic E-state index is 5.85. The molecule has 0 radical (unpaired) electrons. The van der Waals surface area contributed by atoms with E-state index in [0.717, 1.165) is 27.7 Å². The third kappa shape index (κ3) is 3.56. The Hall–Kier alpha value is -0.420. The lowest BCUT2D eigenvalue weighted by Gasteiger charge is -2.02. The Balaban J connectivity index is 1.84. The molecule has 5 heteroatoms. The number of aromatic nitrogens is 1. The number of pyridine rings is 1. The van der Waals surface area contributed by atoms with Gasteiger partial charge in [-0.05, 0) is 40.2 Å². The number of hydrogen-bond donors (Lipinski definition) is 1. The van der Waals surface area contributed by atoms with E-state index in [1.807, 2.05) is 30.3 Å². The molecule has 2 aromatic rings. The van der Waals surface area contributed by atoms with Crippen molar-refractivity contribution in [1.82, 2.24) is 10.3 Å². The van der Waals surface area contributed by atoms with Crippen LogP contribution in [-0.4, -0.2) is 4.98 Å². The van der Waals surface area contributed by atoms with Crippen LogP contribution >= 0.6 is 38.9 Å². The Morgan fingerprint density at radius 3 is 2.81 bits per heavy atom. The SMILES string of the molecule is Clc1ccc(CNCc2cccc(Br)n2)s1. The molecule has 2 heterocycles. The molecule has 0 aliphatic carbocycles. The van der Waals surface area contributed by atoms with E-state index in [0.29, 0.717) is 0 Å². The first-order chi connectivity index (χ1) is 7.74. The van der Waals surface area contributed by atoms with E-state index in [-0.39, 0.29) is 0 Å². The minimum atomic E-state index is 0.759. The highest BCUT2D eigenvalue weighted by atomic mass is 79.9. The van der Waals surface area contributed by atoms with Crippen LogP contribution in [0.3, 0.4) is 0 Å². The van der Waals surface area contributed by atoms with Crippen LogP contribution in [0, 0.1) is 0 Å². The van der Waals surface area contributed by atoms with Gasteiger partial charge >= 0.3 is 0 Å². The first-order valence-electron chi connectivity index (χ1n) is 4.80. The van der Waals surface area contributed by atoms with Crippen LogP contribution in [0.1, 0.15) is 10.6 Å². The van der Waals surface area contributed by atoms with Crippen molar-refractivity contribution in [3.63, 3.8) is 0 Å². The van der Waals surface area contributed by atoms with Gasteiger partial charge < -0.3 is 5.32 Å². The molecule has 2 aromatic heterocycles. The third-order valence-corrected chi connectivity index (χ3v) is 3.68. The van der Waals surface area contributed by atoms with Gasteiger partial charge in [0, 0.05) is 18.0 Å². The van der Waals surface area contributed by atoms with Gasteiger partial charge in [0.05, 0.1) is 10.0 Å². The number of rotatable bonds is 4. The molecule has 0 atom stereocenters. The van der Waals surface area contributed by atoms with E-state index < -0.39 is 0 Å². The lowest BCUT2D eigenvalue weighted by molar-refractivity contribution is 0.685. The third-order valence-electron chi connectivity index (χ3n) is 2.01. The number of halogens is 2. The zero-order valence-corrected chi connectivity index (χ0v) is 11.6. The first kappa shape index (κ1) is 12.0. The molecule has 1 N–H and O–H groups in total. The molecule has 0 fully saturated rings. The highest BCUT2D eigenvalue weighted by Gasteiger charge is 1.98. The van der Waals surface area contributed by atoms with Crippen molar-refractivity contribution < 1.29 is 0 Å². The van der Waals surface area contributed by atoms with Crippen molar-refractivity contribution in [1.29, 1.82) is 0 Å². The van der Waals surface area contributed by atoms with Gasteiger partial charge in [0.15, 0.2) is 0 Å². The summed E-state index contributed by atoms with van der Waals surface area (Å²) in [6.07, 6.45) is 0. The highest BCUT2D eigenvalue weighted by molar-refractivity contribution is 9.10. The Bertz CT molecular complexity index is 473. The standard InChI is InChI=1S/C11H10BrClN2S/c12-10-3-1-2-8(15-10)6-14-7-9-4-5-11(13)16-9/h1-5,14H,6-7H2. The maximum absolute atomic E-state index is 5.85. The number of nitrogens with one attached hydrogen (secondary N) is 1. The Labute approximate surface area is 112 Å². The largest absolute Gasteiger partial charge is 0.306 e. The molecule has 0 spiro atoms. The lowest BCUT2D eigenvalue weighted by Crippen LogP contribution is -2.12. The van der Waals surface area contributed by atoms with E-state index >= 15 is 0 Å². The fourth-order valence-corrected chi connectivity index (χ4v) is 2.75. The van der Waals surface area contributed by atoms with Crippen LogP contribution in [0.15, 0.2) is 34.9 Å². The van der Waals surface area contributed by atoms with Crippen molar-refractivity contribution in [3.8, 4) is 0 Å². The second kappa shape index (κ2) is 5.77. The summed E-state index contributed by atoms with van der Waals surface area (Å²) in [6, 6.07) is 9.85. The summed E-state index contributed by atoms with van der Waals surface area (Å²) < 4.78 is 1.70. The monoisotopic (exact) mass is 316 g/mol. The normalized spacial score (nSPS) is 10.6. The maximum Gasteiger partial charge on any atom is 0.106 e. The summed E-state index contributed by atoms with van der Waals surface area (Å²) in [6.45, 7) is 1.58. The zero-order valence-electron chi connectivity index (χ0n) is 8.41. The van der Waals surface area contributed by atoms with Gasteiger partial charge in [0.25, 0.3) is 0 Å². The molecule has 84 valence electrons. The van der Waals surface area contributed by atoms with E-state index in [1.165, 1.54) is 4.88 Å². The van der Waals surface area contributed by atoms with Gasteiger partial charge in [0.2, 0.25) is 0 Å². The van der Waals surface area contributed by atoms with Crippen LogP contribution < -0.4 is 5.32 Å². The molecule has 2 nitrogen and oxygen atoms in total. The Morgan fingerprint density at radius 1 is 1.25 bits per heavy atom. The lowest BCUT2D eigenvalue weighted by atomic mass is 10.3. The van der Waals surface area contributed by atoms with Crippen molar-refractivity contribution in [2.75, 3.05) is 0 Å². The summed E-state index contributed by atoms with van der Waals surface area (Å²) in [4.78, 5) is 5.58. The minimum Gasteiger partial charge on any atom is -0.306 e. The van der Waals surface area contributed by atoms with Crippen molar-refractivity contribution in [2.24, 2.45) is 0 Å². The smallest absolute Gasteiger partial charge is 0.106 e. The van der Waals surface area contributed by atoms with Gasteiger partial charge in [-0.25, -0.2) is 4.98 Å². The van der Waals surface area contributed by atoms with Crippen LogP contribution in [0.2, 0.25) is 4.34 Å². The van der Waals surface area contributed by atoms with Gasteiger partial charge in [0.1, 0.15) is 4.60 Å². The molecule has 0 aliphatic heterocycles. The topological polar surface area (TPSA) is 24.9 Å². The molecule has 16 heavy (non-hydrogen) atoms. The fourth-order valence-electron chi connectivity index (χ4n) is 1.31. The highest BCUT2D eigenvalue weighted by Crippen LogP contribution is 2.21. The van der Waals surface area contributed by atoms with Crippen molar-refractivity contribution >= 4 is 38.9 Å². The van der Waals surface area contributed by atoms with Gasteiger partial charge in [-0.15, -0.1) is 11.3 Å². The molecule has 0 amide bonds. The fraction of sp³-hybridized carbons (Fsp3) is 0.182. The molecular formula is C11H10BrClN2S. The van der Waals surface area contributed by atoms with Gasteiger partial charge in [-0.1, -0.05) is 17.7 Å². The van der Waals surface area contributed by atoms with Crippen LogP contribution in [-0.2, 0) is 13.1 Å². The minimum absolute atomic E-state index is 0.759. The van der Waals surface area contributed by atoms with E-state index in [9.17, 15) is 0 Å². The summed E-state index contributed by atoms with van der Waals surface area (Å²) in [5, 5.41) is 3.33. The predicted molar refractivity (Wildman–Crippen MR) is 71.8 cm³/mol. The molecule has 0 unspecified atom stereocenters. The summed E-state index contributed by atoms with van der Waals surface area (Å²) in [7, 11) is 0. The average Bonchev–Trinajstić information content (AvgIpc) is 2.64. The van der Waals surface area contributed by atoms with E-state index in [4.69, 9.17) is 11.6 Å². The van der Waals surface area contributed by atoms with Crippen molar-refractivity contribution in [3.05, 3.63) is 49.8 Å². The molecule has 0 aliphatic rings. The van der Waals surface area contributed by atoms with Gasteiger partial charge in [-0.3, -0.25) is 0 Å². The summed E-state index contributed by atoms with van der Waals surface area (Å²) >= 11 is 10.8. The Kier molecular flexibility index (Phi) is 4.35. The van der Waals surface area contributed by atoms with Crippen molar-refractivity contribution in [2.45, 2.75) is 13.1 Å². The number of nitrogens with zero attached hydrogens (tertiary/aromatic N) is 1. The van der Waals surface area contributed by atoms with Crippen LogP contribution in [0.25, 0.3) is 0 Å². The number of hydrogen-bond acceptors (Lipinski definition) is 3. The molecule has 0 saturated carbocycles. The molecule has 0 bridgehead atoms. The molecule has 2 rings (SSSR count). The average molecular weight is 318 g/mol. The van der Waals surface area contributed by atoms with Gasteiger partial charge in [-0.2, -0.15) is 0 Å². The quantitative estimate of drug-likeness (QED) is 0.866. The number of thiophene rings is 1. The zero-order chi connectivity index (χ0) is 11.4. The van der Waals surface area contributed by atoms with Crippen LogP contribution in [0.5, 0.6) is 0 Å². The summed E-state index contributed by atoms with van der Waals surface area (Å²) in [5.41, 5.74) is 1.03. The second-order valence-electron chi connectivity index (χ2n) is 3.26. The predicted octanol–water partition coefficient (Wildman–Crippen LogP) is 3.85. The molecule has 0 saturated heterocycles. The first-order valence-corrected chi connectivity index (χ1v) is 6.79. The van der Waals surface area contributed by atoms with E-state index in [1.54, 1.807) is 11.3 Å². The van der Waals surface area contributed by atoms with Crippen LogP contribution in [0.4, 0.5) is 0 Å².